The van der Waals surface area contributed by atoms with Crippen molar-refractivity contribution in [2.45, 2.75) is 0 Å². The fourth-order valence-corrected chi connectivity index (χ4v) is 2.16. The van der Waals surface area contributed by atoms with E-state index in [1.807, 2.05) is 42.5 Å². The van der Waals surface area contributed by atoms with E-state index in [1.165, 1.54) is 4.68 Å². The number of rotatable bonds is 2. The van der Waals surface area contributed by atoms with E-state index < -0.39 is 5.97 Å². The van der Waals surface area contributed by atoms with E-state index in [2.05, 4.69) is 5.10 Å². The molecule has 2 aromatic carbocycles. The van der Waals surface area contributed by atoms with Gasteiger partial charge in [-0.1, -0.05) is 36.4 Å². The highest BCUT2D eigenvalue weighted by atomic mass is 16.4. The number of aromatic nitrogens is 2. The zero-order valence-corrected chi connectivity index (χ0v) is 10.4. The van der Waals surface area contributed by atoms with Crippen LogP contribution in [0, 0.1) is 0 Å². The summed E-state index contributed by atoms with van der Waals surface area (Å²) in [7, 11) is 1.63. The van der Waals surface area contributed by atoms with Gasteiger partial charge in [-0.05, 0) is 22.9 Å². The largest absolute Gasteiger partial charge is 0.477 e. The summed E-state index contributed by atoms with van der Waals surface area (Å²) in [6.07, 6.45) is 0. The van der Waals surface area contributed by atoms with Crippen LogP contribution in [0.4, 0.5) is 0 Å². The standard InChI is InChI=1S/C15H12N2O2/c1-17-14(15(18)19)9-13(16-17)12-7-6-10-4-2-3-5-11(10)8-12/h2-9H,1H3,(H,18,19). The number of aryl methyl sites for hydroxylation is 1. The van der Waals surface area contributed by atoms with Crippen molar-refractivity contribution in [3.8, 4) is 11.3 Å². The van der Waals surface area contributed by atoms with Gasteiger partial charge in [-0.25, -0.2) is 4.79 Å². The van der Waals surface area contributed by atoms with E-state index in [1.54, 1.807) is 13.1 Å². The smallest absolute Gasteiger partial charge is 0.354 e. The van der Waals surface area contributed by atoms with E-state index >= 15 is 0 Å². The molecule has 0 bridgehead atoms. The first-order valence-corrected chi connectivity index (χ1v) is 5.91. The molecule has 19 heavy (non-hydrogen) atoms. The Morgan fingerprint density at radius 1 is 1.11 bits per heavy atom. The number of carbonyl (C=O) groups is 1. The summed E-state index contributed by atoms with van der Waals surface area (Å²) in [6.45, 7) is 0. The molecular weight excluding hydrogens is 240 g/mol. The Morgan fingerprint density at radius 2 is 1.84 bits per heavy atom. The molecule has 0 radical (unpaired) electrons. The summed E-state index contributed by atoms with van der Waals surface area (Å²) in [6, 6.07) is 15.6. The molecule has 4 nitrogen and oxygen atoms in total. The van der Waals surface area contributed by atoms with Crippen LogP contribution in [0.15, 0.2) is 48.5 Å². The first kappa shape index (κ1) is 11.5. The fraction of sp³-hybridized carbons (Fsp3) is 0.0667. The lowest BCUT2D eigenvalue weighted by molar-refractivity contribution is 0.0685. The Hall–Kier alpha value is -2.62. The highest BCUT2D eigenvalue weighted by Gasteiger charge is 2.12. The summed E-state index contributed by atoms with van der Waals surface area (Å²) in [5, 5.41) is 15.5. The van der Waals surface area contributed by atoms with Crippen LogP contribution in [0.1, 0.15) is 10.5 Å². The van der Waals surface area contributed by atoms with E-state index in [4.69, 9.17) is 5.11 Å². The second kappa shape index (κ2) is 4.24. The normalized spacial score (nSPS) is 10.8. The Balaban J connectivity index is 2.13. The predicted molar refractivity (Wildman–Crippen MR) is 73.1 cm³/mol. The average Bonchev–Trinajstić information content (AvgIpc) is 2.80. The third-order valence-corrected chi connectivity index (χ3v) is 3.14. The third-order valence-electron chi connectivity index (χ3n) is 3.14. The van der Waals surface area contributed by atoms with Crippen molar-refractivity contribution in [3.05, 3.63) is 54.2 Å². The molecule has 3 aromatic rings. The number of hydrogen-bond acceptors (Lipinski definition) is 2. The monoisotopic (exact) mass is 252 g/mol. The summed E-state index contributed by atoms with van der Waals surface area (Å²) in [5.74, 6) is -0.970. The van der Waals surface area contributed by atoms with E-state index in [0.29, 0.717) is 5.69 Å². The average molecular weight is 252 g/mol. The molecule has 1 N–H and O–H groups in total. The van der Waals surface area contributed by atoms with E-state index in [9.17, 15) is 4.79 Å². The number of hydrogen-bond donors (Lipinski definition) is 1. The lowest BCUT2D eigenvalue weighted by Crippen LogP contribution is -2.04. The van der Waals surface area contributed by atoms with Gasteiger partial charge in [0.05, 0.1) is 5.69 Å². The molecule has 0 spiro atoms. The maximum atomic E-state index is 11.0. The van der Waals surface area contributed by atoms with Crippen LogP contribution < -0.4 is 0 Å². The molecule has 3 rings (SSSR count). The minimum atomic E-state index is -0.970. The van der Waals surface area contributed by atoms with Crippen LogP contribution in [-0.2, 0) is 7.05 Å². The summed E-state index contributed by atoms with van der Waals surface area (Å²) < 4.78 is 1.38. The third kappa shape index (κ3) is 1.97. The van der Waals surface area contributed by atoms with Gasteiger partial charge < -0.3 is 5.11 Å². The van der Waals surface area contributed by atoms with Crippen LogP contribution in [-0.4, -0.2) is 20.9 Å². The lowest BCUT2D eigenvalue weighted by Gasteiger charge is -2.00. The summed E-state index contributed by atoms with van der Waals surface area (Å²) in [5.41, 5.74) is 1.77. The minimum absolute atomic E-state index is 0.183. The van der Waals surface area contributed by atoms with Crippen molar-refractivity contribution in [2.75, 3.05) is 0 Å². The maximum absolute atomic E-state index is 11.0. The molecule has 0 aliphatic rings. The van der Waals surface area contributed by atoms with Crippen LogP contribution in [0.5, 0.6) is 0 Å². The van der Waals surface area contributed by atoms with Crippen molar-refractivity contribution < 1.29 is 9.90 Å². The second-order valence-corrected chi connectivity index (χ2v) is 4.41. The second-order valence-electron chi connectivity index (χ2n) is 4.41. The van der Waals surface area contributed by atoms with Crippen molar-refractivity contribution >= 4 is 16.7 Å². The fourth-order valence-electron chi connectivity index (χ4n) is 2.16. The van der Waals surface area contributed by atoms with Gasteiger partial charge in [0.1, 0.15) is 5.69 Å². The zero-order chi connectivity index (χ0) is 13.4. The van der Waals surface area contributed by atoms with Gasteiger partial charge in [0.2, 0.25) is 0 Å². The highest BCUT2D eigenvalue weighted by Crippen LogP contribution is 2.24. The molecule has 1 heterocycles. The molecule has 0 aliphatic carbocycles. The first-order valence-electron chi connectivity index (χ1n) is 5.91. The molecule has 0 saturated carbocycles. The van der Waals surface area contributed by atoms with Crippen molar-refractivity contribution in [1.29, 1.82) is 0 Å². The van der Waals surface area contributed by atoms with Crippen LogP contribution in [0.3, 0.4) is 0 Å². The summed E-state index contributed by atoms with van der Waals surface area (Å²) >= 11 is 0. The molecule has 0 atom stereocenters. The highest BCUT2D eigenvalue weighted by molar-refractivity contribution is 5.89. The van der Waals surface area contributed by atoms with E-state index in [-0.39, 0.29) is 5.69 Å². The molecule has 4 heteroatoms. The van der Waals surface area contributed by atoms with Gasteiger partial charge in [0.25, 0.3) is 0 Å². The Kier molecular flexibility index (Phi) is 2.56. The van der Waals surface area contributed by atoms with Crippen molar-refractivity contribution in [1.82, 2.24) is 9.78 Å². The van der Waals surface area contributed by atoms with Crippen LogP contribution >= 0.6 is 0 Å². The van der Waals surface area contributed by atoms with Gasteiger partial charge in [0, 0.05) is 12.6 Å². The predicted octanol–water partition coefficient (Wildman–Crippen LogP) is 2.94. The van der Waals surface area contributed by atoms with Gasteiger partial charge in [-0.3, -0.25) is 4.68 Å². The number of carboxylic acid groups (broad SMARTS) is 1. The Labute approximate surface area is 109 Å². The van der Waals surface area contributed by atoms with Crippen LogP contribution in [0.25, 0.3) is 22.0 Å². The SMILES string of the molecule is Cn1nc(-c2ccc3ccccc3c2)cc1C(=O)O. The number of carboxylic acids is 1. The van der Waals surface area contributed by atoms with Crippen molar-refractivity contribution in [3.63, 3.8) is 0 Å². The van der Waals surface area contributed by atoms with Gasteiger partial charge in [0.15, 0.2) is 0 Å². The molecule has 0 aliphatic heterocycles. The zero-order valence-electron chi connectivity index (χ0n) is 10.4. The molecule has 0 saturated heterocycles. The maximum Gasteiger partial charge on any atom is 0.354 e. The topological polar surface area (TPSA) is 55.1 Å². The Bertz CT molecular complexity index is 775. The summed E-state index contributed by atoms with van der Waals surface area (Å²) in [4.78, 5) is 11.0. The van der Waals surface area contributed by atoms with Gasteiger partial charge in [-0.2, -0.15) is 5.10 Å². The first-order chi connectivity index (χ1) is 9.15. The molecule has 1 aromatic heterocycles. The lowest BCUT2D eigenvalue weighted by atomic mass is 10.1. The molecular formula is C15H12N2O2. The molecule has 0 fully saturated rings. The number of nitrogens with zero attached hydrogens (tertiary/aromatic N) is 2. The number of fused-ring (bicyclic) bond motifs is 1. The molecule has 0 amide bonds. The van der Waals surface area contributed by atoms with Gasteiger partial charge >= 0.3 is 5.97 Å². The van der Waals surface area contributed by atoms with Gasteiger partial charge in [-0.15, -0.1) is 0 Å². The minimum Gasteiger partial charge on any atom is -0.477 e. The Morgan fingerprint density at radius 3 is 2.53 bits per heavy atom. The van der Waals surface area contributed by atoms with Crippen molar-refractivity contribution in [2.24, 2.45) is 7.05 Å². The molecule has 94 valence electrons. The van der Waals surface area contributed by atoms with Crippen LogP contribution in [0.2, 0.25) is 0 Å². The van der Waals surface area contributed by atoms with E-state index in [0.717, 1.165) is 16.3 Å². The number of aromatic carboxylic acids is 1. The molecule has 0 unspecified atom stereocenters. The quantitative estimate of drug-likeness (QED) is 0.763. The number of benzene rings is 2.